The second-order valence-electron chi connectivity index (χ2n) is 3.50. The van der Waals surface area contributed by atoms with Crippen LogP contribution in [0.4, 0.5) is 5.69 Å². The van der Waals surface area contributed by atoms with Crippen molar-refractivity contribution in [1.29, 1.82) is 0 Å². The molecule has 2 N–H and O–H groups in total. The van der Waals surface area contributed by atoms with E-state index < -0.39 is 0 Å². The second-order valence-corrected chi connectivity index (χ2v) is 3.50. The molecule has 1 aromatic carbocycles. The fraction of sp³-hybridized carbons (Fsp3) is 0.455. The average molecular weight is 195 g/mol. The maximum Gasteiger partial charge on any atom is 0.164 e. The fourth-order valence-electron chi connectivity index (χ4n) is 1.44. The average Bonchev–Trinajstić information content (AvgIpc) is 2.16. The summed E-state index contributed by atoms with van der Waals surface area (Å²) in [7, 11) is 3.25. The van der Waals surface area contributed by atoms with Gasteiger partial charge in [-0.15, -0.1) is 0 Å². The molecule has 0 aromatic heterocycles. The SMILES string of the molecule is COc1cc(N)cc(C(C)C)c1OC. The molecule has 0 aliphatic heterocycles. The van der Waals surface area contributed by atoms with Crippen molar-refractivity contribution in [3.63, 3.8) is 0 Å². The Labute approximate surface area is 84.8 Å². The van der Waals surface area contributed by atoms with Gasteiger partial charge in [-0.2, -0.15) is 0 Å². The molecule has 0 unspecified atom stereocenters. The summed E-state index contributed by atoms with van der Waals surface area (Å²) in [6, 6.07) is 3.69. The maximum atomic E-state index is 5.76. The topological polar surface area (TPSA) is 44.5 Å². The molecule has 0 spiro atoms. The lowest BCUT2D eigenvalue weighted by Crippen LogP contribution is -1.99. The van der Waals surface area contributed by atoms with Crippen molar-refractivity contribution in [1.82, 2.24) is 0 Å². The van der Waals surface area contributed by atoms with Crippen LogP contribution in [0.1, 0.15) is 25.3 Å². The van der Waals surface area contributed by atoms with Gasteiger partial charge in [0.2, 0.25) is 0 Å². The monoisotopic (exact) mass is 195 g/mol. The summed E-state index contributed by atoms with van der Waals surface area (Å²) < 4.78 is 10.5. The van der Waals surface area contributed by atoms with Crippen molar-refractivity contribution in [3.8, 4) is 11.5 Å². The zero-order valence-corrected chi connectivity index (χ0v) is 9.13. The summed E-state index contributed by atoms with van der Waals surface area (Å²) in [4.78, 5) is 0. The van der Waals surface area contributed by atoms with Crippen molar-refractivity contribution in [2.45, 2.75) is 19.8 Å². The Balaban J connectivity index is 3.31. The van der Waals surface area contributed by atoms with E-state index in [1.54, 1.807) is 20.3 Å². The van der Waals surface area contributed by atoms with Gasteiger partial charge >= 0.3 is 0 Å². The van der Waals surface area contributed by atoms with E-state index in [4.69, 9.17) is 15.2 Å². The third kappa shape index (κ3) is 1.92. The van der Waals surface area contributed by atoms with Crippen LogP contribution in [0.5, 0.6) is 11.5 Å². The lowest BCUT2D eigenvalue weighted by atomic mass is 10.0. The maximum absolute atomic E-state index is 5.76. The van der Waals surface area contributed by atoms with Crippen LogP contribution >= 0.6 is 0 Å². The molecule has 3 heteroatoms. The number of rotatable bonds is 3. The van der Waals surface area contributed by atoms with Gasteiger partial charge in [-0.3, -0.25) is 0 Å². The van der Waals surface area contributed by atoms with Crippen molar-refractivity contribution < 1.29 is 9.47 Å². The molecule has 0 fully saturated rings. The highest BCUT2D eigenvalue weighted by Crippen LogP contribution is 2.37. The summed E-state index contributed by atoms with van der Waals surface area (Å²) in [5, 5.41) is 0. The minimum Gasteiger partial charge on any atom is -0.493 e. The van der Waals surface area contributed by atoms with Crippen molar-refractivity contribution in [2.24, 2.45) is 0 Å². The van der Waals surface area contributed by atoms with Gasteiger partial charge in [0.05, 0.1) is 14.2 Å². The molecule has 0 amide bonds. The van der Waals surface area contributed by atoms with E-state index in [1.807, 2.05) is 6.07 Å². The summed E-state index contributed by atoms with van der Waals surface area (Å²) >= 11 is 0. The van der Waals surface area contributed by atoms with E-state index >= 15 is 0 Å². The molecular formula is C11H17NO2. The molecule has 78 valence electrons. The van der Waals surface area contributed by atoms with E-state index in [0.717, 1.165) is 11.3 Å². The third-order valence-electron chi connectivity index (χ3n) is 2.15. The van der Waals surface area contributed by atoms with Crippen LogP contribution in [0.25, 0.3) is 0 Å². The molecule has 0 aliphatic carbocycles. The van der Waals surface area contributed by atoms with Crippen LogP contribution in [-0.2, 0) is 0 Å². The van der Waals surface area contributed by atoms with Crippen LogP contribution in [0, 0.1) is 0 Å². The summed E-state index contributed by atoms with van der Waals surface area (Å²) in [6.07, 6.45) is 0. The van der Waals surface area contributed by atoms with Gasteiger partial charge < -0.3 is 15.2 Å². The predicted octanol–water partition coefficient (Wildman–Crippen LogP) is 2.41. The van der Waals surface area contributed by atoms with Gasteiger partial charge in [-0.25, -0.2) is 0 Å². The molecule has 1 aromatic rings. The smallest absolute Gasteiger partial charge is 0.164 e. The zero-order valence-electron chi connectivity index (χ0n) is 9.13. The molecule has 14 heavy (non-hydrogen) atoms. The third-order valence-corrected chi connectivity index (χ3v) is 2.15. The zero-order chi connectivity index (χ0) is 10.7. The molecule has 0 atom stereocenters. The number of nitrogens with two attached hydrogens (primary N) is 1. The highest BCUT2D eigenvalue weighted by Gasteiger charge is 2.13. The second kappa shape index (κ2) is 4.22. The van der Waals surface area contributed by atoms with E-state index in [1.165, 1.54) is 0 Å². The van der Waals surface area contributed by atoms with Crippen molar-refractivity contribution >= 4 is 5.69 Å². The van der Waals surface area contributed by atoms with Gasteiger partial charge in [0.1, 0.15) is 0 Å². The summed E-state index contributed by atoms with van der Waals surface area (Å²) in [5.74, 6) is 1.83. The van der Waals surface area contributed by atoms with Crippen LogP contribution in [0.2, 0.25) is 0 Å². The quantitative estimate of drug-likeness (QED) is 0.753. The Morgan fingerprint density at radius 2 is 1.79 bits per heavy atom. The molecule has 1 rings (SSSR count). The Morgan fingerprint density at radius 1 is 1.14 bits per heavy atom. The Hall–Kier alpha value is -1.38. The summed E-state index contributed by atoms with van der Waals surface area (Å²) in [5.41, 5.74) is 7.53. The molecule has 3 nitrogen and oxygen atoms in total. The lowest BCUT2D eigenvalue weighted by Gasteiger charge is -2.15. The number of benzene rings is 1. The number of hydrogen-bond donors (Lipinski definition) is 1. The molecule has 0 saturated heterocycles. The largest absolute Gasteiger partial charge is 0.493 e. The van der Waals surface area contributed by atoms with Gasteiger partial charge in [-0.1, -0.05) is 13.8 Å². The van der Waals surface area contributed by atoms with Crippen molar-refractivity contribution in [2.75, 3.05) is 20.0 Å². The minimum atomic E-state index is 0.363. The highest BCUT2D eigenvalue weighted by atomic mass is 16.5. The molecular weight excluding hydrogens is 178 g/mol. The molecule has 0 heterocycles. The van der Waals surface area contributed by atoms with Crippen LogP contribution < -0.4 is 15.2 Å². The van der Waals surface area contributed by atoms with E-state index in [-0.39, 0.29) is 0 Å². The standard InChI is InChI=1S/C11H17NO2/c1-7(2)9-5-8(12)6-10(13-3)11(9)14-4/h5-7H,12H2,1-4H3. The van der Waals surface area contributed by atoms with Gasteiger partial charge in [-0.05, 0) is 12.0 Å². The number of anilines is 1. The van der Waals surface area contributed by atoms with Crippen LogP contribution in [0.3, 0.4) is 0 Å². The lowest BCUT2D eigenvalue weighted by molar-refractivity contribution is 0.350. The van der Waals surface area contributed by atoms with E-state index in [2.05, 4.69) is 13.8 Å². The van der Waals surface area contributed by atoms with Gasteiger partial charge in [0.25, 0.3) is 0 Å². The molecule has 0 radical (unpaired) electrons. The molecule has 0 aliphatic rings. The number of hydrogen-bond acceptors (Lipinski definition) is 3. The molecule has 0 saturated carbocycles. The Kier molecular flexibility index (Phi) is 3.23. The first-order chi connectivity index (χ1) is 6.60. The van der Waals surface area contributed by atoms with E-state index in [9.17, 15) is 0 Å². The normalized spacial score (nSPS) is 10.4. The van der Waals surface area contributed by atoms with Gasteiger partial charge in [0.15, 0.2) is 11.5 Å². The number of methoxy groups -OCH3 is 2. The first-order valence-electron chi connectivity index (χ1n) is 4.61. The first-order valence-corrected chi connectivity index (χ1v) is 4.61. The number of nitrogen functional groups attached to an aromatic ring is 1. The van der Waals surface area contributed by atoms with Crippen LogP contribution in [0.15, 0.2) is 12.1 Å². The highest BCUT2D eigenvalue weighted by molar-refractivity contribution is 5.58. The number of ether oxygens (including phenoxy) is 2. The predicted molar refractivity (Wildman–Crippen MR) is 58.0 cm³/mol. The molecule has 0 bridgehead atoms. The summed E-state index contributed by atoms with van der Waals surface area (Å²) in [6.45, 7) is 4.19. The minimum absolute atomic E-state index is 0.363. The Morgan fingerprint density at radius 3 is 2.21 bits per heavy atom. The van der Waals surface area contributed by atoms with E-state index in [0.29, 0.717) is 17.4 Å². The fourth-order valence-corrected chi connectivity index (χ4v) is 1.44. The van der Waals surface area contributed by atoms with Crippen molar-refractivity contribution in [3.05, 3.63) is 17.7 Å². The van der Waals surface area contributed by atoms with Crippen LogP contribution in [-0.4, -0.2) is 14.2 Å². The first kappa shape index (κ1) is 10.7. The Bertz CT molecular complexity index is 321. The van der Waals surface area contributed by atoms with Gasteiger partial charge in [0, 0.05) is 17.3 Å².